The number of benzene rings is 2. The molecule has 5 heteroatoms. The molecule has 0 unspecified atom stereocenters. The molecule has 0 saturated heterocycles. The van der Waals surface area contributed by atoms with Gasteiger partial charge in [0.2, 0.25) is 5.89 Å². The van der Waals surface area contributed by atoms with Crippen LogP contribution in [0, 0.1) is 6.92 Å². The fraction of sp³-hybridized carbons (Fsp3) is 0.211. The van der Waals surface area contributed by atoms with E-state index in [9.17, 15) is 4.79 Å². The van der Waals surface area contributed by atoms with Crippen molar-refractivity contribution in [1.29, 1.82) is 0 Å². The summed E-state index contributed by atoms with van der Waals surface area (Å²) in [7, 11) is 0. The zero-order chi connectivity index (χ0) is 17.1. The number of amides is 1. The summed E-state index contributed by atoms with van der Waals surface area (Å²) in [6, 6.07) is 15.3. The third-order valence-corrected chi connectivity index (χ3v) is 3.81. The number of para-hydroxylation sites is 1. The molecule has 1 aromatic heterocycles. The zero-order valence-corrected chi connectivity index (χ0v) is 13.9. The van der Waals surface area contributed by atoms with Crippen LogP contribution in [0.1, 0.15) is 41.6 Å². The van der Waals surface area contributed by atoms with Crippen molar-refractivity contribution >= 4 is 11.6 Å². The Labute approximate surface area is 140 Å². The highest BCUT2D eigenvalue weighted by Gasteiger charge is 2.18. The van der Waals surface area contributed by atoms with Gasteiger partial charge in [-0.15, -0.1) is 10.2 Å². The minimum absolute atomic E-state index is 0.0492. The van der Waals surface area contributed by atoms with Crippen molar-refractivity contribution in [2.45, 2.75) is 26.7 Å². The molecule has 0 aliphatic carbocycles. The molecular formula is C19H19N3O2. The van der Waals surface area contributed by atoms with Gasteiger partial charge < -0.3 is 9.73 Å². The number of carbonyl (C=O) groups is 1. The Kier molecular flexibility index (Phi) is 4.42. The molecule has 3 rings (SSSR count). The number of carbonyl (C=O) groups excluding carboxylic acids is 1. The summed E-state index contributed by atoms with van der Waals surface area (Å²) < 4.78 is 5.51. The maximum Gasteiger partial charge on any atom is 0.313 e. The standard InChI is InChI=1S/C19H19N3O2/c1-12(2)15-11-7-8-13(3)16(15)20-17(23)19-22-21-18(24-19)14-9-5-4-6-10-14/h4-12H,1-3H3,(H,20,23). The lowest BCUT2D eigenvalue weighted by atomic mass is 9.98. The molecule has 0 bridgehead atoms. The maximum absolute atomic E-state index is 12.5. The molecule has 0 spiro atoms. The Morgan fingerprint density at radius 2 is 1.79 bits per heavy atom. The van der Waals surface area contributed by atoms with E-state index in [1.807, 2.05) is 55.5 Å². The van der Waals surface area contributed by atoms with E-state index < -0.39 is 5.91 Å². The van der Waals surface area contributed by atoms with Crippen LogP contribution in [0.5, 0.6) is 0 Å². The predicted molar refractivity (Wildman–Crippen MR) is 93.0 cm³/mol. The number of rotatable bonds is 4. The van der Waals surface area contributed by atoms with E-state index in [2.05, 4.69) is 29.4 Å². The van der Waals surface area contributed by atoms with Gasteiger partial charge in [-0.25, -0.2) is 0 Å². The van der Waals surface area contributed by atoms with Crippen molar-refractivity contribution in [3.8, 4) is 11.5 Å². The highest BCUT2D eigenvalue weighted by Crippen LogP contribution is 2.28. The Morgan fingerprint density at radius 3 is 2.50 bits per heavy atom. The first-order valence-corrected chi connectivity index (χ1v) is 7.86. The van der Waals surface area contributed by atoms with Gasteiger partial charge in [-0.1, -0.05) is 50.2 Å². The number of nitrogens with zero attached hydrogens (tertiary/aromatic N) is 2. The largest absolute Gasteiger partial charge is 0.412 e. The minimum Gasteiger partial charge on any atom is -0.412 e. The van der Waals surface area contributed by atoms with Crippen molar-refractivity contribution in [2.75, 3.05) is 5.32 Å². The van der Waals surface area contributed by atoms with Crippen LogP contribution in [0.25, 0.3) is 11.5 Å². The molecule has 0 aliphatic heterocycles. The topological polar surface area (TPSA) is 68.0 Å². The first kappa shape index (κ1) is 15.9. The van der Waals surface area contributed by atoms with Crippen LogP contribution >= 0.6 is 0 Å². The summed E-state index contributed by atoms with van der Waals surface area (Å²) in [5, 5.41) is 10.7. The van der Waals surface area contributed by atoms with Crippen molar-refractivity contribution in [2.24, 2.45) is 0 Å². The van der Waals surface area contributed by atoms with Crippen molar-refractivity contribution in [3.05, 3.63) is 65.5 Å². The number of anilines is 1. The molecule has 3 aromatic rings. The van der Waals surface area contributed by atoms with Gasteiger partial charge >= 0.3 is 11.8 Å². The highest BCUT2D eigenvalue weighted by molar-refractivity contribution is 6.02. The first-order valence-electron chi connectivity index (χ1n) is 7.86. The average molecular weight is 321 g/mol. The number of aromatic nitrogens is 2. The SMILES string of the molecule is Cc1cccc(C(C)C)c1NC(=O)c1nnc(-c2ccccc2)o1. The van der Waals surface area contributed by atoms with Crippen molar-refractivity contribution < 1.29 is 9.21 Å². The van der Waals surface area contributed by atoms with Gasteiger partial charge in [0.25, 0.3) is 0 Å². The first-order chi connectivity index (χ1) is 11.6. The lowest BCUT2D eigenvalue weighted by molar-refractivity contribution is 0.0990. The summed E-state index contributed by atoms with van der Waals surface area (Å²) in [5.74, 6) is 0.171. The highest BCUT2D eigenvalue weighted by atomic mass is 16.4. The molecule has 0 radical (unpaired) electrons. The van der Waals surface area contributed by atoms with Crippen LogP contribution in [0.3, 0.4) is 0 Å². The molecule has 0 aliphatic rings. The Morgan fingerprint density at radius 1 is 1.04 bits per heavy atom. The Balaban J connectivity index is 1.86. The maximum atomic E-state index is 12.5. The van der Waals surface area contributed by atoms with Gasteiger partial charge in [0, 0.05) is 11.3 Å². The second-order valence-electron chi connectivity index (χ2n) is 5.93. The van der Waals surface area contributed by atoms with E-state index in [0.717, 1.165) is 22.4 Å². The summed E-state index contributed by atoms with van der Waals surface area (Å²) >= 11 is 0. The summed E-state index contributed by atoms with van der Waals surface area (Å²) in [6.07, 6.45) is 0. The lowest BCUT2D eigenvalue weighted by Crippen LogP contribution is -2.15. The third-order valence-electron chi connectivity index (χ3n) is 3.81. The summed E-state index contributed by atoms with van der Waals surface area (Å²) in [5.41, 5.74) is 3.66. The van der Waals surface area contributed by atoms with Gasteiger partial charge in [-0.05, 0) is 36.1 Å². The molecule has 1 amide bonds. The van der Waals surface area contributed by atoms with Gasteiger partial charge in [0.15, 0.2) is 0 Å². The molecule has 122 valence electrons. The van der Waals surface area contributed by atoms with Crippen molar-refractivity contribution in [1.82, 2.24) is 10.2 Å². The monoisotopic (exact) mass is 321 g/mol. The summed E-state index contributed by atoms with van der Waals surface area (Å²) in [6.45, 7) is 6.14. The van der Waals surface area contributed by atoms with E-state index in [1.165, 1.54) is 0 Å². The van der Waals surface area contributed by atoms with Gasteiger partial charge in [-0.2, -0.15) is 0 Å². The predicted octanol–water partition coefficient (Wildman–Crippen LogP) is 4.42. The molecular weight excluding hydrogens is 302 g/mol. The molecule has 0 saturated carbocycles. The fourth-order valence-electron chi connectivity index (χ4n) is 2.52. The molecule has 0 atom stereocenters. The smallest absolute Gasteiger partial charge is 0.313 e. The van der Waals surface area contributed by atoms with Crippen LogP contribution in [0.4, 0.5) is 5.69 Å². The quantitative estimate of drug-likeness (QED) is 0.772. The molecule has 24 heavy (non-hydrogen) atoms. The van der Waals surface area contributed by atoms with Crippen LogP contribution in [0.2, 0.25) is 0 Å². The fourth-order valence-corrected chi connectivity index (χ4v) is 2.52. The zero-order valence-electron chi connectivity index (χ0n) is 13.9. The second kappa shape index (κ2) is 6.66. The third kappa shape index (κ3) is 3.20. The van der Waals surface area contributed by atoms with Crippen LogP contribution in [0.15, 0.2) is 52.9 Å². The number of hydrogen-bond acceptors (Lipinski definition) is 4. The summed E-state index contributed by atoms with van der Waals surface area (Å²) in [4.78, 5) is 12.5. The number of hydrogen-bond donors (Lipinski definition) is 1. The van der Waals surface area contributed by atoms with Crippen LogP contribution in [-0.2, 0) is 0 Å². The number of aryl methyl sites for hydroxylation is 1. The van der Waals surface area contributed by atoms with Crippen LogP contribution in [-0.4, -0.2) is 16.1 Å². The second-order valence-corrected chi connectivity index (χ2v) is 5.93. The molecule has 1 heterocycles. The average Bonchev–Trinajstić information content (AvgIpc) is 3.07. The minimum atomic E-state index is -0.402. The van der Waals surface area contributed by atoms with Crippen LogP contribution < -0.4 is 5.32 Å². The van der Waals surface area contributed by atoms with E-state index in [1.54, 1.807) is 0 Å². The number of nitrogens with one attached hydrogen (secondary N) is 1. The Bertz CT molecular complexity index is 854. The Hall–Kier alpha value is -2.95. The van der Waals surface area contributed by atoms with Gasteiger partial charge in [0.1, 0.15) is 0 Å². The lowest BCUT2D eigenvalue weighted by Gasteiger charge is -2.15. The normalized spacial score (nSPS) is 10.8. The molecule has 0 fully saturated rings. The van der Waals surface area contributed by atoms with Gasteiger partial charge in [-0.3, -0.25) is 4.79 Å². The molecule has 2 aromatic carbocycles. The van der Waals surface area contributed by atoms with E-state index >= 15 is 0 Å². The molecule has 1 N–H and O–H groups in total. The van der Waals surface area contributed by atoms with Gasteiger partial charge in [0.05, 0.1) is 0 Å². The van der Waals surface area contributed by atoms with Crippen molar-refractivity contribution in [3.63, 3.8) is 0 Å². The molecule has 5 nitrogen and oxygen atoms in total. The van der Waals surface area contributed by atoms with E-state index in [0.29, 0.717) is 11.8 Å². The van der Waals surface area contributed by atoms with E-state index in [4.69, 9.17) is 4.42 Å². The van der Waals surface area contributed by atoms with E-state index in [-0.39, 0.29) is 5.89 Å².